The van der Waals surface area contributed by atoms with E-state index in [1.54, 1.807) is 12.1 Å². The van der Waals surface area contributed by atoms with Crippen LogP contribution in [-0.2, 0) is 4.79 Å². The summed E-state index contributed by atoms with van der Waals surface area (Å²) < 4.78 is 0. The standard InChI is InChI=1S/C17H25N3O/c1-17(2,3)13-8-10-20(11-9-13)12-16(21)19-15-6-4-14(18)5-7-15/h4-8H,9-12,18H2,1-3H3,(H,19,21). The molecule has 4 nitrogen and oxygen atoms in total. The molecule has 21 heavy (non-hydrogen) atoms. The number of anilines is 2. The van der Waals surface area contributed by atoms with Crippen LogP contribution >= 0.6 is 0 Å². The Labute approximate surface area is 127 Å². The van der Waals surface area contributed by atoms with E-state index in [2.05, 4.69) is 37.1 Å². The first-order chi connectivity index (χ1) is 9.84. The van der Waals surface area contributed by atoms with Gasteiger partial charge in [-0.05, 0) is 36.1 Å². The van der Waals surface area contributed by atoms with Crippen LogP contribution < -0.4 is 11.1 Å². The lowest BCUT2D eigenvalue weighted by atomic mass is 9.83. The van der Waals surface area contributed by atoms with Gasteiger partial charge in [0.15, 0.2) is 0 Å². The van der Waals surface area contributed by atoms with Gasteiger partial charge in [0, 0.05) is 24.5 Å². The molecular formula is C17H25N3O. The van der Waals surface area contributed by atoms with E-state index in [0.29, 0.717) is 12.2 Å². The highest BCUT2D eigenvalue weighted by Crippen LogP contribution is 2.29. The van der Waals surface area contributed by atoms with Crippen molar-refractivity contribution in [2.75, 3.05) is 30.7 Å². The molecule has 0 bridgehead atoms. The number of amides is 1. The molecule has 0 saturated heterocycles. The van der Waals surface area contributed by atoms with E-state index in [4.69, 9.17) is 5.73 Å². The van der Waals surface area contributed by atoms with Crippen molar-refractivity contribution in [3.63, 3.8) is 0 Å². The number of hydrogen-bond donors (Lipinski definition) is 2. The summed E-state index contributed by atoms with van der Waals surface area (Å²) >= 11 is 0. The Morgan fingerprint density at radius 2 is 1.95 bits per heavy atom. The van der Waals surface area contributed by atoms with Crippen LogP contribution in [-0.4, -0.2) is 30.4 Å². The number of nitrogens with zero attached hydrogens (tertiary/aromatic N) is 1. The average Bonchev–Trinajstić information content (AvgIpc) is 2.41. The van der Waals surface area contributed by atoms with E-state index in [-0.39, 0.29) is 11.3 Å². The molecule has 0 spiro atoms. The van der Waals surface area contributed by atoms with Gasteiger partial charge in [-0.2, -0.15) is 0 Å². The van der Waals surface area contributed by atoms with Crippen LogP contribution in [0.2, 0.25) is 0 Å². The molecule has 1 aliphatic heterocycles. The molecule has 114 valence electrons. The fourth-order valence-corrected chi connectivity index (χ4v) is 2.51. The van der Waals surface area contributed by atoms with Crippen molar-refractivity contribution in [2.24, 2.45) is 5.41 Å². The minimum atomic E-state index is 0.0207. The Morgan fingerprint density at radius 1 is 1.29 bits per heavy atom. The van der Waals surface area contributed by atoms with Crippen molar-refractivity contribution in [3.05, 3.63) is 35.9 Å². The van der Waals surface area contributed by atoms with E-state index in [9.17, 15) is 4.79 Å². The average molecular weight is 287 g/mol. The van der Waals surface area contributed by atoms with Crippen molar-refractivity contribution >= 4 is 17.3 Å². The van der Waals surface area contributed by atoms with Crippen LogP contribution in [0.4, 0.5) is 11.4 Å². The Morgan fingerprint density at radius 3 is 2.48 bits per heavy atom. The highest BCUT2D eigenvalue weighted by atomic mass is 16.2. The molecule has 1 aliphatic rings. The predicted molar refractivity (Wildman–Crippen MR) is 88.1 cm³/mol. The van der Waals surface area contributed by atoms with Gasteiger partial charge in [0.2, 0.25) is 5.91 Å². The van der Waals surface area contributed by atoms with Gasteiger partial charge in [0.1, 0.15) is 0 Å². The number of benzene rings is 1. The Balaban J connectivity index is 1.84. The molecule has 0 fully saturated rings. The molecule has 0 aromatic heterocycles. The van der Waals surface area contributed by atoms with Crippen molar-refractivity contribution in [2.45, 2.75) is 27.2 Å². The summed E-state index contributed by atoms with van der Waals surface area (Å²) in [5, 5.41) is 2.90. The predicted octanol–water partition coefficient (Wildman–Crippen LogP) is 2.89. The van der Waals surface area contributed by atoms with Gasteiger partial charge >= 0.3 is 0 Å². The van der Waals surface area contributed by atoms with Crippen LogP contribution in [0.15, 0.2) is 35.9 Å². The number of nitrogen functional groups attached to an aromatic ring is 1. The highest BCUT2D eigenvalue weighted by molar-refractivity contribution is 5.92. The quantitative estimate of drug-likeness (QED) is 0.664. The van der Waals surface area contributed by atoms with E-state index < -0.39 is 0 Å². The fourth-order valence-electron chi connectivity index (χ4n) is 2.51. The number of nitrogens with two attached hydrogens (primary N) is 1. The van der Waals surface area contributed by atoms with Gasteiger partial charge < -0.3 is 11.1 Å². The summed E-state index contributed by atoms with van der Waals surface area (Å²) in [6.45, 7) is 8.94. The number of rotatable bonds is 3. The largest absolute Gasteiger partial charge is 0.399 e. The topological polar surface area (TPSA) is 58.4 Å². The third-order valence-corrected chi connectivity index (χ3v) is 3.82. The van der Waals surface area contributed by atoms with E-state index >= 15 is 0 Å². The van der Waals surface area contributed by atoms with Crippen molar-refractivity contribution < 1.29 is 4.79 Å². The molecule has 1 aromatic carbocycles. The van der Waals surface area contributed by atoms with Gasteiger partial charge in [-0.15, -0.1) is 0 Å². The minimum Gasteiger partial charge on any atom is -0.399 e. The normalized spacial score (nSPS) is 16.4. The Kier molecular flexibility index (Phi) is 4.68. The second-order valence-corrected chi connectivity index (χ2v) is 6.63. The van der Waals surface area contributed by atoms with Gasteiger partial charge in [-0.1, -0.05) is 32.4 Å². The van der Waals surface area contributed by atoms with Crippen LogP contribution in [0, 0.1) is 5.41 Å². The third kappa shape index (κ3) is 4.60. The smallest absolute Gasteiger partial charge is 0.238 e. The lowest BCUT2D eigenvalue weighted by Gasteiger charge is -2.31. The number of hydrogen-bond acceptors (Lipinski definition) is 3. The molecular weight excluding hydrogens is 262 g/mol. The Bertz CT molecular complexity index is 526. The molecule has 2 rings (SSSR count). The van der Waals surface area contributed by atoms with Crippen molar-refractivity contribution in [1.82, 2.24) is 4.90 Å². The highest BCUT2D eigenvalue weighted by Gasteiger charge is 2.22. The SMILES string of the molecule is CC(C)(C)C1=CCN(CC(=O)Nc2ccc(N)cc2)CC1. The van der Waals surface area contributed by atoms with Crippen molar-refractivity contribution in [1.29, 1.82) is 0 Å². The molecule has 0 atom stereocenters. The Hall–Kier alpha value is -1.81. The first kappa shape index (κ1) is 15.6. The van der Waals surface area contributed by atoms with E-state index in [1.165, 1.54) is 5.57 Å². The maximum atomic E-state index is 12.0. The van der Waals surface area contributed by atoms with E-state index in [1.807, 2.05) is 12.1 Å². The number of carbonyl (C=O) groups excluding carboxylic acids is 1. The van der Waals surface area contributed by atoms with Crippen molar-refractivity contribution in [3.8, 4) is 0 Å². The van der Waals surface area contributed by atoms with Gasteiger partial charge in [0.05, 0.1) is 6.54 Å². The minimum absolute atomic E-state index is 0.0207. The monoisotopic (exact) mass is 287 g/mol. The molecule has 4 heteroatoms. The summed E-state index contributed by atoms with van der Waals surface area (Å²) in [6, 6.07) is 7.21. The summed E-state index contributed by atoms with van der Waals surface area (Å²) in [6.07, 6.45) is 3.30. The summed E-state index contributed by atoms with van der Waals surface area (Å²) in [5.74, 6) is 0.0207. The molecule has 1 heterocycles. The zero-order valence-corrected chi connectivity index (χ0v) is 13.1. The molecule has 1 aromatic rings. The first-order valence-corrected chi connectivity index (χ1v) is 7.42. The zero-order valence-electron chi connectivity index (χ0n) is 13.1. The second-order valence-electron chi connectivity index (χ2n) is 6.63. The van der Waals surface area contributed by atoms with Crippen LogP contribution in [0.1, 0.15) is 27.2 Å². The number of carbonyl (C=O) groups is 1. The summed E-state index contributed by atoms with van der Waals surface area (Å²) in [7, 11) is 0. The zero-order chi connectivity index (χ0) is 15.5. The summed E-state index contributed by atoms with van der Waals surface area (Å²) in [5.41, 5.74) is 8.83. The maximum absolute atomic E-state index is 12.0. The lowest BCUT2D eigenvalue weighted by Crippen LogP contribution is -2.37. The molecule has 0 saturated carbocycles. The summed E-state index contributed by atoms with van der Waals surface area (Å²) in [4.78, 5) is 14.2. The van der Waals surface area contributed by atoms with Crippen LogP contribution in [0.5, 0.6) is 0 Å². The van der Waals surface area contributed by atoms with E-state index in [0.717, 1.165) is 25.2 Å². The van der Waals surface area contributed by atoms with Gasteiger partial charge in [0.25, 0.3) is 0 Å². The second kappa shape index (κ2) is 6.31. The van der Waals surface area contributed by atoms with Gasteiger partial charge in [-0.3, -0.25) is 9.69 Å². The molecule has 0 aliphatic carbocycles. The molecule has 0 radical (unpaired) electrons. The van der Waals surface area contributed by atoms with Crippen LogP contribution in [0.3, 0.4) is 0 Å². The molecule has 3 N–H and O–H groups in total. The van der Waals surface area contributed by atoms with Gasteiger partial charge in [-0.25, -0.2) is 0 Å². The lowest BCUT2D eigenvalue weighted by molar-refractivity contribution is -0.117. The fraction of sp³-hybridized carbons (Fsp3) is 0.471. The van der Waals surface area contributed by atoms with Crippen LogP contribution in [0.25, 0.3) is 0 Å². The molecule has 1 amide bonds. The molecule has 0 unspecified atom stereocenters. The maximum Gasteiger partial charge on any atom is 0.238 e. The first-order valence-electron chi connectivity index (χ1n) is 7.42. The number of nitrogens with one attached hydrogen (secondary N) is 1. The third-order valence-electron chi connectivity index (χ3n) is 3.82.